The first-order valence-electron chi connectivity index (χ1n) is 9.75. The van der Waals surface area contributed by atoms with E-state index in [4.69, 9.17) is 0 Å². The molecule has 0 amide bonds. The zero-order valence-electron chi connectivity index (χ0n) is 16.0. The number of nitrogens with one attached hydrogen (secondary N) is 2. The minimum absolute atomic E-state index is 0.155. The third kappa shape index (κ3) is 3.91. The topological polar surface area (TPSA) is 65.7 Å². The van der Waals surface area contributed by atoms with Crippen LogP contribution in [0.4, 0.5) is 0 Å². The predicted molar refractivity (Wildman–Crippen MR) is 113 cm³/mol. The normalized spacial score (nSPS) is 16.6. The first-order chi connectivity index (χ1) is 13.6. The van der Waals surface area contributed by atoms with Gasteiger partial charge in [0, 0.05) is 23.6 Å². The summed E-state index contributed by atoms with van der Waals surface area (Å²) in [5.41, 5.74) is 5.68. The summed E-state index contributed by atoms with van der Waals surface area (Å²) in [5.74, 6) is 0.155. The Morgan fingerprint density at radius 3 is 2.54 bits per heavy atom. The molecule has 1 atom stereocenters. The molecule has 28 heavy (non-hydrogen) atoms. The van der Waals surface area contributed by atoms with E-state index in [2.05, 4.69) is 47.2 Å². The Hall–Kier alpha value is -3.14. The fraction of sp³-hybridized carbons (Fsp3) is 0.250. The first kappa shape index (κ1) is 18.2. The molecule has 1 aromatic heterocycles. The number of hydrogen-bond acceptors (Lipinski definition) is 2. The van der Waals surface area contributed by atoms with E-state index < -0.39 is 5.69 Å². The molecule has 0 spiro atoms. The molecule has 0 radical (unpaired) electrons. The van der Waals surface area contributed by atoms with Gasteiger partial charge >= 0.3 is 5.69 Å². The highest BCUT2D eigenvalue weighted by atomic mass is 16.2. The van der Waals surface area contributed by atoms with Crippen molar-refractivity contribution in [2.24, 2.45) is 0 Å². The first-order valence-corrected chi connectivity index (χ1v) is 9.75. The number of aromatic nitrogens is 2. The van der Waals surface area contributed by atoms with Crippen molar-refractivity contribution >= 4 is 5.57 Å². The summed E-state index contributed by atoms with van der Waals surface area (Å²) in [6.45, 7) is 2.10. The SMILES string of the molecule is Cc1cccc(C2=CCC(c3[nH]c(=O)[nH]c(=O)c3Cc3ccccc3)CC2)c1. The second-order valence-corrected chi connectivity index (χ2v) is 7.53. The number of H-pyrrole nitrogens is 2. The molecule has 2 aromatic carbocycles. The molecule has 1 aliphatic carbocycles. The molecule has 2 N–H and O–H groups in total. The number of hydrogen-bond donors (Lipinski definition) is 2. The van der Waals surface area contributed by atoms with E-state index in [-0.39, 0.29) is 11.5 Å². The summed E-state index contributed by atoms with van der Waals surface area (Å²) >= 11 is 0. The van der Waals surface area contributed by atoms with Crippen molar-refractivity contribution in [1.82, 2.24) is 9.97 Å². The zero-order valence-corrected chi connectivity index (χ0v) is 16.0. The zero-order chi connectivity index (χ0) is 19.5. The standard InChI is InChI=1S/C24H24N2O2/c1-16-6-5-9-20(14-16)18-10-12-19(13-11-18)22-21(23(27)26-24(28)25-22)15-17-7-3-2-4-8-17/h2-10,14,19H,11-13,15H2,1H3,(H2,25,26,27,28). The largest absolute Gasteiger partial charge is 0.325 e. The molecule has 0 fully saturated rings. The minimum atomic E-state index is -0.426. The number of aromatic amines is 2. The van der Waals surface area contributed by atoms with Crippen molar-refractivity contribution in [2.75, 3.05) is 0 Å². The Bertz CT molecular complexity index is 1120. The maximum atomic E-state index is 12.5. The van der Waals surface area contributed by atoms with Crippen LogP contribution >= 0.6 is 0 Å². The van der Waals surface area contributed by atoms with Gasteiger partial charge in [0.05, 0.1) is 0 Å². The van der Waals surface area contributed by atoms with Crippen molar-refractivity contribution in [1.29, 1.82) is 0 Å². The van der Waals surface area contributed by atoms with Gasteiger partial charge in [0.2, 0.25) is 0 Å². The second-order valence-electron chi connectivity index (χ2n) is 7.53. The molecule has 3 aromatic rings. The summed E-state index contributed by atoms with van der Waals surface area (Å²) in [6.07, 6.45) is 5.46. The smallest absolute Gasteiger partial charge is 0.311 e. The number of benzene rings is 2. The molecule has 0 saturated heterocycles. The van der Waals surface area contributed by atoms with Gasteiger partial charge in [-0.05, 0) is 42.9 Å². The van der Waals surface area contributed by atoms with Crippen LogP contribution in [0.3, 0.4) is 0 Å². The highest BCUT2D eigenvalue weighted by molar-refractivity contribution is 5.67. The molecular formula is C24H24N2O2. The van der Waals surface area contributed by atoms with Crippen molar-refractivity contribution in [2.45, 2.75) is 38.5 Å². The molecule has 1 heterocycles. The molecule has 1 unspecified atom stereocenters. The van der Waals surface area contributed by atoms with Gasteiger partial charge in [-0.3, -0.25) is 9.78 Å². The predicted octanol–water partition coefficient (Wildman–Crippen LogP) is 4.31. The fourth-order valence-corrected chi connectivity index (χ4v) is 4.06. The Kier molecular flexibility index (Phi) is 5.11. The summed E-state index contributed by atoms with van der Waals surface area (Å²) in [4.78, 5) is 29.8. The quantitative estimate of drug-likeness (QED) is 0.716. The van der Waals surface area contributed by atoms with Crippen LogP contribution in [-0.2, 0) is 6.42 Å². The van der Waals surface area contributed by atoms with Crippen LogP contribution in [0.25, 0.3) is 5.57 Å². The summed E-state index contributed by atoms with van der Waals surface area (Å²) < 4.78 is 0. The lowest BCUT2D eigenvalue weighted by atomic mass is 9.82. The van der Waals surface area contributed by atoms with Crippen molar-refractivity contribution in [3.63, 3.8) is 0 Å². The Balaban J connectivity index is 1.64. The van der Waals surface area contributed by atoms with Gasteiger partial charge in [0.1, 0.15) is 0 Å². The molecule has 4 rings (SSSR count). The van der Waals surface area contributed by atoms with Gasteiger partial charge in [-0.25, -0.2) is 4.79 Å². The lowest BCUT2D eigenvalue weighted by Gasteiger charge is -2.24. The maximum Gasteiger partial charge on any atom is 0.325 e. The van der Waals surface area contributed by atoms with Crippen LogP contribution in [-0.4, -0.2) is 9.97 Å². The molecule has 4 heteroatoms. The van der Waals surface area contributed by atoms with E-state index in [0.29, 0.717) is 12.0 Å². The summed E-state index contributed by atoms with van der Waals surface area (Å²) in [5, 5.41) is 0. The monoisotopic (exact) mass is 372 g/mol. The van der Waals surface area contributed by atoms with E-state index in [1.54, 1.807) is 0 Å². The molecule has 0 aliphatic heterocycles. The van der Waals surface area contributed by atoms with Gasteiger partial charge in [0.15, 0.2) is 0 Å². The molecule has 142 valence electrons. The highest BCUT2D eigenvalue weighted by Crippen LogP contribution is 2.36. The van der Waals surface area contributed by atoms with Gasteiger partial charge in [-0.15, -0.1) is 0 Å². The van der Waals surface area contributed by atoms with E-state index in [9.17, 15) is 9.59 Å². The molecule has 1 aliphatic rings. The van der Waals surface area contributed by atoms with Crippen LogP contribution in [0.2, 0.25) is 0 Å². The molecule has 0 bridgehead atoms. The highest BCUT2D eigenvalue weighted by Gasteiger charge is 2.22. The van der Waals surface area contributed by atoms with Gasteiger partial charge in [-0.1, -0.05) is 66.2 Å². The van der Waals surface area contributed by atoms with Crippen LogP contribution in [0.5, 0.6) is 0 Å². The van der Waals surface area contributed by atoms with Gasteiger partial charge in [0.25, 0.3) is 5.56 Å². The lowest BCUT2D eigenvalue weighted by molar-refractivity contribution is 0.596. The number of allylic oxidation sites excluding steroid dienone is 2. The van der Waals surface area contributed by atoms with E-state index in [1.165, 1.54) is 16.7 Å². The minimum Gasteiger partial charge on any atom is -0.311 e. The van der Waals surface area contributed by atoms with Crippen LogP contribution in [0.1, 0.15) is 53.1 Å². The molecular weight excluding hydrogens is 348 g/mol. The van der Waals surface area contributed by atoms with Crippen LogP contribution in [0, 0.1) is 6.92 Å². The van der Waals surface area contributed by atoms with Gasteiger partial charge < -0.3 is 4.98 Å². The van der Waals surface area contributed by atoms with Gasteiger partial charge in [-0.2, -0.15) is 0 Å². The lowest BCUT2D eigenvalue weighted by Crippen LogP contribution is -2.29. The van der Waals surface area contributed by atoms with Crippen molar-refractivity contribution < 1.29 is 0 Å². The summed E-state index contributed by atoms with van der Waals surface area (Å²) in [6, 6.07) is 18.4. The molecule has 4 nitrogen and oxygen atoms in total. The van der Waals surface area contributed by atoms with E-state index >= 15 is 0 Å². The fourth-order valence-electron chi connectivity index (χ4n) is 4.06. The number of aryl methyl sites for hydroxylation is 1. The summed E-state index contributed by atoms with van der Waals surface area (Å²) in [7, 11) is 0. The average Bonchev–Trinajstić information content (AvgIpc) is 2.71. The van der Waals surface area contributed by atoms with Crippen LogP contribution < -0.4 is 11.2 Å². The Morgan fingerprint density at radius 2 is 1.82 bits per heavy atom. The third-order valence-corrected chi connectivity index (χ3v) is 5.51. The average molecular weight is 372 g/mol. The second kappa shape index (κ2) is 7.85. The Morgan fingerprint density at radius 1 is 1.00 bits per heavy atom. The molecule has 0 saturated carbocycles. The van der Waals surface area contributed by atoms with Crippen molar-refractivity contribution in [3.8, 4) is 0 Å². The third-order valence-electron chi connectivity index (χ3n) is 5.51. The number of rotatable bonds is 4. The van der Waals surface area contributed by atoms with E-state index in [1.807, 2.05) is 30.3 Å². The maximum absolute atomic E-state index is 12.5. The van der Waals surface area contributed by atoms with Crippen molar-refractivity contribution in [3.05, 3.63) is 109 Å². The Labute approximate surface area is 164 Å². The van der Waals surface area contributed by atoms with E-state index in [0.717, 1.165) is 30.5 Å². The van der Waals surface area contributed by atoms with Crippen LogP contribution in [0.15, 0.2) is 70.3 Å².